The van der Waals surface area contributed by atoms with Crippen LogP contribution in [-0.2, 0) is 22.7 Å². The minimum atomic E-state index is -0.185. The van der Waals surface area contributed by atoms with Crippen LogP contribution in [0, 0.1) is 5.41 Å². The van der Waals surface area contributed by atoms with Crippen LogP contribution in [0.1, 0.15) is 24.0 Å². The van der Waals surface area contributed by atoms with Crippen molar-refractivity contribution in [3.05, 3.63) is 65.7 Å². The highest BCUT2D eigenvalue weighted by Gasteiger charge is 2.50. The second-order valence-corrected chi connectivity index (χ2v) is 8.20. The molecule has 1 atom stereocenters. The number of benzene rings is 2. The van der Waals surface area contributed by atoms with E-state index in [4.69, 9.17) is 9.47 Å². The standard InChI is InChI=1S/C24H30N2O3/c1-28-15-14-26-13-11-24(23(26)27)10-12-25(19-24)17-21-8-5-9-22(16-21)29-18-20-6-3-2-4-7-20/h2-9,16H,10-15,17-19H2,1H3. The van der Waals surface area contributed by atoms with Crippen LogP contribution in [0.15, 0.2) is 54.6 Å². The van der Waals surface area contributed by atoms with Crippen molar-refractivity contribution in [1.29, 1.82) is 0 Å². The minimum absolute atomic E-state index is 0.185. The Morgan fingerprint density at radius 3 is 2.62 bits per heavy atom. The Labute approximate surface area is 173 Å². The van der Waals surface area contributed by atoms with E-state index < -0.39 is 0 Å². The highest BCUT2D eigenvalue weighted by molar-refractivity contribution is 5.85. The number of nitrogens with zero attached hydrogens (tertiary/aromatic N) is 2. The van der Waals surface area contributed by atoms with Gasteiger partial charge >= 0.3 is 0 Å². The van der Waals surface area contributed by atoms with Crippen molar-refractivity contribution in [3.8, 4) is 5.75 Å². The van der Waals surface area contributed by atoms with Gasteiger partial charge in [-0.25, -0.2) is 0 Å². The lowest BCUT2D eigenvalue weighted by molar-refractivity contribution is -0.136. The maximum Gasteiger partial charge on any atom is 0.230 e. The summed E-state index contributed by atoms with van der Waals surface area (Å²) in [7, 11) is 1.69. The van der Waals surface area contributed by atoms with E-state index >= 15 is 0 Å². The molecular formula is C24H30N2O3. The number of amides is 1. The van der Waals surface area contributed by atoms with E-state index in [1.165, 1.54) is 5.56 Å². The SMILES string of the molecule is COCCN1CCC2(CCN(Cc3cccc(OCc4ccccc4)c3)C2)C1=O. The van der Waals surface area contributed by atoms with Gasteiger partial charge in [-0.1, -0.05) is 42.5 Å². The molecule has 2 aliphatic rings. The van der Waals surface area contributed by atoms with Crippen LogP contribution in [0.2, 0.25) is 0 Å². The largest absolute Gasteiger partial charge is 0.489 e. The van der Waals surface area contributed by atoms with E-state index in [0.29, 0.717) is 25.7 Å². The minimum Gasteiger partial charge on any atom is -0.489 e. The molecule has 29 heavy (non-hydrogen) atoms. The molecular weight excluding hydrogens is 364 g/mol. The molecule has 0 bridgehead atoms. The first-order chi connectivity index (χ1) is 14.2. The van der Waals surface area contributed by atoms with Gasteiger partial charge in [-0.3, -0.25) is 9.69 Å². The second kappa shape index (κ2) is 8.97. The summed E-state index contributed by atoms with van der Waals surface area (Å²) in [5, 5.41) is 0. The Bertz CT molecular complexity index is 826. The molecule has 0 saturated carbocycles. The first kappa shape index (κ1) is 19.9. The zero-order valence-corrected chi connectivity index (χ0v) is 17.2. The molecule has 0 aliphatic carbocycles. The smallest absolute Gasteiger partial charge is 0.230 e. The summed E-state index contributed by atoms with van der Waals surface area (Å²) in [5.74, 6) is 1.21. The van der Waals surface area contributed by atoms with Crippen molar-refractivity contribution in [3.63, 3.8) is 0 Å². The lowest BCUT2D eigenvalue weighted by Gasteiger charge is -2.23. The summed E-state index contributed by atoms with van der Waals surface area (Å²) >= 11 is 0. The molecule has 2 saturated heterocycles. The van der Waals surface area contributed by atoms with E-state index in [0.717, 1.165) is 50.3 Å². The fourth-order valence-electron chi connectivity index (χ4n) is 4.51. The van der Waals surface area contributed by atoms with Crippen LogP contribution in [0.5, 0.6) is 5.75 Å². The molecule has 154 valence electrons. The van der Waals surface area contributed by atoms with Crippen molar-refractivity contribution in [1.82, 2.24) is 9.80 Å². The van der Waals surface area contributed by atoms with Crippen molar-refractivity contribution < 1.29 is 14.3 Å². The van der Waals surface area contributed by atoms with Gasteiger partial charge in [-0.15, -0.1) is 0 Å². The molecule has 0 aromatic heterocycles. The Morgan fingerprint density at radius 2 is 1.79 bits per heavy atom. The molecule has 2 aliphatic heterocycles. The van der Waals surface area contributed by atoms with Crippen molar-refractivity contribution in [2.45, 2.75) is 26.0 Å². The third-order valence-corrected chi connectivity index (χ3v) is 6.15. The van der Waals surface area contributed by atoms with Crippen LogP contribution < -0.4 is 4.74 Å². The number of rotatable bonds is 8. The fourth-order valence-corrected chi connectivity index (χ4v) is 4.51. The van der Waals surface area contributed by atoms with E-state index in [2.05, 4.69) is 35.2 Å². The molecule has 1 spiro atoms. The highest BCUT2D eigenvalue weighted by Crippen LogP contribution is 2.41. The number of hydrogen-bond donors (Lipinski definition) is 0. The third-order valence-electron chi connectivity index (χ3n) is 6.15. The lowest BCUT2D eigenvalue weighted by atomic mass is 9.85. The number of carbonyl (C=O) groups is 1. The van der Waals surface area contributed by atoms with Crippen molar-refractivity contribution in [2.24, 2.45) is 5.41 Å². The lowest BCUT2D eigenvalue weighted by Crippen LogP contribution is -2.38. The van der Waals surface area contributed by atoms with Gasteiger partial charge in [0.05, 0.1) is 12.0 Å². The molecule has 5 heteroatoms. The van der Waals surface area contributed by atoms with Gasteiger partial charge < -0.3 is 14.4 Å². The normalized spacial score (nSPS) is 22.0. The maximum absolute atomic E-state index is 12.9. The number of likely N-dealkylation sites (tertiary alicyclic amines) is 2. The second-order valence-electron chi connectivity index (χ2n) is 8.20. The Morgan fingerprint density at radius 1 is 1.00 bits per heavy atom. The number of carbonyl (C=O) groups excluding carboxylic acids is 1. The van der Waals surface area contributed by atoms with Gasteiger partial charge in [0.1, 0.15) is 12.4 Å². The number of methoxy groups -OCH3 is 1. The van der Waals surface area contributed by atoms with Crippen LogP contribution in [0.4, 0.5) is 0 Å². The third kappa shape index (κ3) is 4.62. The van der Waals surface area contributed by atoms with Gasteiger partial charge in [0.25, 0.3) is 0 Å². The molecule has 2 aromatic rings. The Balaban J connectivity index is 1.33. The molecule has 2 heterocycles. The molecule has 0 N–H and O–H groups in total. The summed E-state index contributed by atoms with van der Waals surface area (Å²) in [6, 6.07) is 18.5. The maximum atomic E-state index is 12.9. The number of ether oxygens (including phenoxy) is 2. The molecule has 1 unspecified atom stereocenters. The average Bonchev–Trinajstić information content (AvgIpc) is 3.30. The zero-order valence-electron chi connectivity index (χ0n) is 17.2. The fraction of sp³-hybridized carbons (Fsp3) is 0.458. The number of hydrogen-bond acceptors (Lipinski definition) is 4. The molecule has 4 rings (SSSR count). The summed E-state index contributed by atoms with van der Waals surface area (Å²) in [6.45, 7) is 5.43. The Hall–Kier alpha value is -2.37. The van der Waals surface area contributed by atoms with Crippen molar-refractivity contribution in [2.75, 3.05) is 39.9 Å². The topological polar surface area (TPSA) is 42.0 Å². The van der Waals surface area contributed by atoms with Gasteiger partial charge in [-0.05, 0) is 42.6 Å². The first-order valence-electron chi connectivity index (χ1n) is 10.4. The van der Waals surface area contributed by atoms with Crippen LogP contribution >= 0.6 is 0 Å². The van der Waals surface area contributed by atoms with E-state index in [1.807, 2.05) is 29.2 Å². The van der Waals surface area contributed by atoms with Crippen LogP contribution in [0.3, 0.4) is 0 Å². The van der Waals surface area contributed by atoms with Crippen molar-refractivity contribution >= 4 is 5.91 Å². The quantitative estimate of drug-likeness (QED) is 0.689. The van der Waals surface area contributed by atoms with Gasteiger partial charge in [0.15, 0.2) is 0 Å². The van der Waals surface area contributed by atoms with Crippen LogP contribution in [0.25, 0.3) is 0 Å². The van der Waals surface area contributed by atoms with E-state index in [1.54, 1.807) is 7.11 Å². The molecule has 2 fully saturated rings. The molecule has 1 amide bonds. The average molecular weight is 395 g/mol. The first-order valence-corrected chi connectivity index (χ1v) is 10.4. The zero-order chi connectivity index (χ0) is 20.1. The molecule has 0 radical (unpaired) electrons. The highest BCUT2D eigenvalue weighted by atomic mass is 16.5. The van der Waals surface area contributed by atoms with Crippen LogP contribution in [-0.4, -0.2) is 55.6 Å². The summed E-state index contributed by atoms with van der Waals surface area (Å²) in [5.41, 5.74) is 2.21. The molecule has 2 aromatic carbocycles. The van der Waals surface area contributed by atoms with Gasteiger partial charge in [-0.2, -0.15) is 0 Å². The summed E-state index contributed by atoms with van der Waals surface area (Å²) in [4.78, 5) is 17.3. The van der Waals surface area contributed by atoms with E-state index in [-0.39, 0.29) is 5.41 Å². The molecule has 5 nitrogen and oxygen atoms in total. The summed E-state index contributed by atoms with van der Waals surface area (Å²) < 4.78 is 11.1. The van der Waals surface area contributed by atoms with Gasteiger partial charge in [0, 0.05) is 33.3 Å². The van der Waals surface area contributed by atoms with E-state index in [9.17, 15) is 4.79 Å². The summed E-state index contributed by atoms with van der Waals surface area (Å²) in [6.07, 6.45) is 1.92. The predicted octanol–water partition coefficient (Wildman–Crippen LogP) is 3.34. The predicted molar refractivity (Wildman–Crippen MR) is 113 cm³/mol. The Kier molecular flexibility index (Phi) is 6.16. The van der Waals surface area contributed by atoms with Gasteiger partial charge in [0.2, 0.25) is 5.91 Å². The monoisotopic (exact) mass is 394 g/mol.